The molecule has 0 spiro atoms. The van der Waals surface area contributed by atoms with Crippen LogP contribution in [0, 0.1) is 0 Å². The zero-order valence-electron chi connectivity index (χ0n) is 12.6. The van der Waals surface area contributed by atoms with E-state index in [0.717, 1.165) is 23.6 Å². The highest BCUT2D eigenvalue weighted by atomic mass is 32.2. The SMILES string of the molecule is CCCn1c(Sc2ccc(C(C)NCC)nc2)n[nH]c1=O. The van der Waals surface area contributed by atoms with Gasteiger partial charge < -0.3 is 5.32 Å². The van der Waals surface area contributed by atoms with Gasteiger partial charge in [0.2, 0.25) is 0 Å². The van der Waals surface area contributed by atoms with E-state index < -0.39 is 0 Å². The molecule has 1 atom stereocenters. The normalized spacial score (nSPS) is 12.5. The van der Waals surface area contributed by atoms with E-state index in [9.17, 15) is 4.79 Å². The van der Waals surface area contributed by atoms with Gasteiger partial charge in [0.05, 0.1) is 5.69 Å². The number of aromatic nitrogens is 4. The van der Waals surface area contributed by atoms with Crippen molar-refractivity contribution in [1.29, 1.82) is 0 Å². The predicted octanol–water partition coefficient (Wildman–Crippen LogP) is 2.20. The zero-order chi connectivity index (χ0) is 15.2. The Hall–Kier alpha value is -1.60. The molecule has 0 amide bonds. The average Bonchev–Trinajstić information content (AvgIpc) is 2.82. The lowest BCUT2D eigenvalue weighted by atomic mass is 10.2. The molecule has 6 nitrogen and oxygen atoms in total. The molecule has 0 aliphatic rings. The molecule has 1 unspecified atom stereocenters. The third-order valence-electron chi connectivity index (χ3n) is 3.09. The fourth-order valence-electron chi connectivity index (χ4n) is 2.03. The van der Waals surface area contributed by atoms with E-state index in [2.05, 4.69) is 34.3 Å². The molecule has 7 heteroatoms. The van der Waals surface area contributed by atoms with E-state index >= 15 is 0 Å². The van der Waals surface area contributed by atoms with Crippen LogP contribution >= 0.6 is 11.8 Å². The first-order valence-electron chi connectivity index (χ1n) is 7.18. The molecule has 0 fully saturated rings. The van der Waals surface area contributed by atoms with Gasteiger partial charge in [-0.05, 0) is 43.8 Å². The highest BCUT2D eigenvalue weighted by molar-refractivity contribution is 7.99. The van der Waals surface area contributed by atoms with E-state index in [4.69, 9.17) is 0 Å². The summed E-state index contributed by atoms with van der Waals surface area (Å²) in [6, 6.07) is 4.25. The molecule has 2 aromatic heterocycles. The molecule has 2 heterocycles. The van der Waals surface area contributed by atoms with Crippen LogP contribution < -0.4 is 11.0 Å². The maximum absolute atomic E-state index is 11.6. The summed E-state index contributed by atoms with van der Waals surface area (Å²) in [5, 5.41) is 10.6. The van der Waals surface area contributed by atoms with Crippen LogP contribution in [0.25, 0.3) is 0 Å². The highest BCUT2D eigenvalue weighted by Crippen LogP contribution is 2.25. The van der Waals surface area contributed by atoms with Gasteiger partial charge in [0, 0.05) is 23.7 Å². The van der Waals surface area contributed by atoms with Crippen LogP contribution in [0.2, 0.25) is 0 Å². The van der Waals surface area contributed by atoms with Crippen molar-refractivity contribution < 1.29 is 0 Å². The molecule has 0 aromatic carbocycles. The quantitative estimate of drug-likeness (QED) is 0.820. The van der Waals surface area contributed by atoms with E-state index in [1.807, 2.05) is 25.3 Å². The number of hydrogen-bond acceptors (Lipinski definition) is 5. The Kier molecular flexibility index (Phi) is 5.58. The molecular formula is C14H21N5OS. The Morgan fingerprint density at radius 2 is 2.24 bits per heavy atom. The summed E-state index contributed by atoms with van der Waals surface area (Å²) >= 11 is 1.45. The van der Waals surface area contributed by atoms with Crippen LogP contribution in [-0.4, -0.2) is 26.3 Å². The molecule has 2 N–H and O–H groups in total. The molecule has 0 aliphatic carbocycles. The molecular weight excluding hydrogens is 286 g/mol. The van der Waals surface area contributed by atoms with Crippen molar-refractivity contribution in [2.45, 2.75) is 49.8 Å². The van der Waals surface area contributed by atoms with Gasteiger partial charge in [-0.15, -0.1) is 5.10 Å². The second-order valence-electron chi connectivity index (χ2n) is 4.76. The largest absolute Gasteiger partial charge is 0.343 e. The monoisotopic (exact) mass is 307 g/mol. The van der Waals surface area contributed by atoms with E-state index in [1.54, 1.807) is 4.57 Å². The molecule has 2 rings (SSSR count). The van der Waals surface area contributed by atoms with Crippen LogP contribution in [0.3, 0.4) is 0 Å². The van der Waals surface area contributed by atoms with Crippen LogP contribution in [0.15, 0.2) is 33.2 Å². The van der Waals surface area contributed by atoms with Gasteiger partial charge in [0.25, 0.3) is 0 Å². The number of pyridine rings is 1. The minimum Gasteiger partial charge on any atom is -0.309 e. The molecule has 0 saturated heterocycles. The molecule has 2 aromatic rings. The minimum atomic E-state index is -0.162. The third kappa shape index (κ3) is 3.95. The van der Waals surface area contributed by atoms with Crippen LogP contribution in [-0.2, 0) is 6.54 Å². The Bertz CT molecular complexity index is 619. The minimum absolute atomic E-state index is 0.162. The average molecular weight is 307 g/mol. The number of aromatic amines is 1. The van der Waals surface area contributed by atoms with Crippen LogP contribution in [0.1, 0.15) is 38.9 Å². The number of hydrogen-bond donors (Lipinski definition) is 2. The standard InChI is InChI=1S/C14H21N5OS/c1-4-8-19-13(20)17-18-14(19)21-11-6-7-12(16-9-11)10(3)15-5-2/h6-7,9-10,15H,4-5,8H2,1-3H3,(H,17,20). The van der Waals surface area contributed by atoms with Gasteiger partial charge in [0.15, 0.2) is 5.16 Å². The fraction of sp³-hybridized carbons (Fsp3) is 0.500. The van der Waals surface area contributed by atoms with Crippen molar-refractivity contribution in [2.24, 2.45) is 0 Å². The molecule has 0 radical (unpaired) electrons. The molecule has 21 heavy (non-hydrogen) atoms. The highest BCUT2D eigenvalue weighted by Gasteiger charge is 2.10. The van der Waals surface area contributed by atoms with E-state index in [-0.39, 0.29) is 11.7 Å². The van der Waals surface area contributed by atoms with E-state index in [0.29, 0.717) is 11.7 Å². The van der Waals surface area contributed by atoms with Gasteiger partial charge in [-0.1, -0.05) is 13.8 Å². The van der Waals surface area contributed by atoms with E-state index in [1.165, 1.54) is 11.8 Å². The second-order valence-corrected chi connectivity index (χ2v) is 5.80. The smallest absolute Gasteiger partial charge is 0.309 e. The van der Waals surface area contributed by atoms with Crippen molar-refractivity contribution in [2.75, 3.05) is 6.54 Å². The first kappa shape index (κ1) is 15.8. The first-order chi connectivity index (χ1) is 10.2. The van der Waals surface area contributed by atoms with Crippen LogP contribution in [0.4, 0.5) is 0 Å². The molecule has 0 aliphatic heterocycles. The number of nitrogens with zero attached hydrogens (tertiary/aromatic N) is 3. The lowest BCUT2D eigenvalue weighted by molar-refractivity contribution is 0.582. The summed E-state index contributed by atoms with van der Waals surface area (Å²) in [6.07, 6.45) is 2.72. The van der Waals surface area contributed by atoms with Gasteiger partial charge in [-0.2, -0.15) is 0 Å². The maximum Gasteiger partial charge on any atom is 0.343 e. The summed E-state index contributed by atoms with van der Waals surface area (Å²) < 4.78 is 1.65. The Morgan fingerprint density at radius 1 is 1.43 bits per heavy atom. The van der Waals surface area contributed by atoms with Crippen molar-refractivity contribution in [3.63, 3.8) is 0 Å². The third-order valence-corrected chi connectivity index (χ3v) is 4.06. The summed E-state index contributed by atoms with van der Waals surface area (Å²) in [6.45, 7) is 7.78. The van der Waals surface area contributed by atoms with Gasteiger partial charge in [-0.3, -0.25) is 9.55 Å². The summed E-state index contributed by atoms with van der Waals surface area (Å²) in [5.74, 6) is 0. The van der Waals surface area contributed by atoms with Crippen molar-refractivity contribution in [3.05, 3.63) is 34.5 Å². The zero-order valence-corrected chi connectivity index (χ0v) is 13.4. The Balaban J connectivity index is 2.12. The molecule has 114 valence electrons. The summed E-state index contributed by atoms with van der Waals surface area (Å²) in [7, 11) is 0. The second kappa shape index (κ2) is 7.42. The van der Waals surface area contributed by atoms with Gasteiger partial charge in [-0.25, -0.2) is 9.89 Å². The number of nitrogens with one attached hydrogen (secondary N) is 2. The Morgan fingerprint density at radius 3 is 2.86 bits per heavy atom. The van der Waals surface area contributed by atoms with Crippen LogP contribution in [0.5, 0.6) is 0 Å². The van der Waals surface area contributed by atoms with Crippen molar-refractivity contribution in [1.82, 2.24) is 25.1 Å². The van der Waals surface area contributed by atoms with Gasteiger partial charge in [0.1, 0.15) is 0 Å². The molecule has 0 bridgehead atoms. The number of rotatable bonds is 7. The van der Waals surface area contributed by atoms with Gasteiger partial charge >= 0.3 is 5.69 Å². The molecule has 0 saturated carbocycles. The summed E-state index contributed by atoms with van der Waals surface area (Å²) in [4.78, 5) is 17.1. The summed E-state index contributed by atoms with van der Waals surface area (Å²) in [5.41, 5.74) is 0.846. The maximum atomic E-state index is 11.6. The lowest BCUT2D eigenvalue weighted by Crippen LogP contribution is -2.18. The lowest BCUT2D eigenvalue weighted by Gasteiger charge is -2.11. The first-order valence-corrected chi connectivity index (χ1v) is 7.99. The number of H-pyrrole nitrogens is 1. The Labute approximate surface area is 128 Å². The van der Waals surface area contributed by atoms with Crippen molar-refractivity contribution in [3.8, 4) is 0 Å². The fourth-order valence-corrected chi connectivity index (χ4v) is 2.85. The van der Waals surface area contributed by atoms with Crippen molar-refractivity contribution >= 4 is 11.8 Å². The predicted molar refractivity (Wildman–Crippen MR) is 83.6 cm³/mol. The topological polar surface area (TPSA) is 75.6 Å².